The second-order valence-electron chi connectivity index (χ2n) is 11.0. The molecule has 0 aliphatic heterocycles. The quantitative estimate of drug-likeness (QED) is 0.0938. The second-order valence-corrected chi connectivity index (χ2v) is 13.2. The average Bonchev–Trinajstić information content (AvgIpc) is 3.51. The van der Waals surface area contributed by atoms with Gasteiger partial charge in [-0.3, -0.25) is 14.4 Å². The Bertz CT molecular complexity index is 2100. The summed E-state index contributed by atoms with van der Waals surface area (Å²) in [6.07, 6.45) is 1.65. The topological polar surface area (TPSA) is 100 Å². The minimum atomic E-state index is -0.482. The van der Waals surface area contributed by atoms with E-state index in [0.717, 1.165) is 37.7 Å². The van der Waals surface area contributed by atoms with Gasteiger partial charge in [0.1, 0.15) is 5.70 Å². The molecule has 6 aromatic rings. The van der Waals surface area contributed by atoms with Crippen LogP contribution in [0.1, 0.15) is 20.8 Å². The Labute approximate surface area is 293 Å². The zero-order chi connectivity index (χ0) is 34.0. The molecule has 0 fully saturated rings. The van der Waals surface area contributed by atoms with E-state index in [9.17, 15) is 14.4 Å². The van der Waals surface area contributed by atoms with Crippen molar-refractivity contribution >= 4 is 57.7 Å². The number of amides is 3. The van der Waals surface area contributed by atoms with Crippen molar-refractivity contribution in [1.29, 1.82) is 0 Å². The maximum Gasteiger partial charge on any atom is 0.272 e. The molecule has 3 amide bonds. The summed E-state index contributed by atoms with van der Waals surface area (Å²) in [7, 11) is 0. The third-order valence-electron chi connectivity index (χ3n) is 7.41. The Morgan fingerprint density at radius 1 is 0.714 bits per heavy atom. The molecule has 0 unspecified atom stereocenters. The number of thioether (sulfide) groups is 1. The molecule has 0 aliphatic rings. The van der Waals surface area contributed by atoms with E-state index in [-0.39, 0.29) is 17.4 Å². The van der Waals surface area contributed by atoms with Crippen LogP contribution in [0.3, 0.4) is 0 Å². The van der Waals surface area contributed by atoms with Crippen LogP contribution in [0.15, 0.2) is 150 Å². The van der Waals surface area contributed by atoms with Crippen LogP contribution in [0.2, 0.25) is 0 Å². The Kier molecular flexibility index (Phi) is 10.7. The molecule has 7 nitrogen and oxygen atoms in total. The highest BCUT2D eigenvalue weighted by atomic mass is 32.2. The number of carbonyl (C=O) groups excluding carboxylic acids is 3. The second kappa shape index (κ2) is 15.9. The van der Waals surface area contributed by atoms with Crippen molar-refractivity contribution in [3.05, 3.63) is 161 Å². The van der Waals surface area contributed by atoms with E-state index in [2.05, 4.69) is 20.9 Å². The lowest BCUT2D eigenvalue weighted by Gasteiger charge is -2.12. The number of nitrogens with zero attached hydrogens (tertiary/aromatic N) is 1. The molecule has 9 heteroatoms. The Morgan fingerprint density at radius 2 is 1.35 bits per heavy atom. The van der Waals surface area contributed by atoms with E-state index in [1.807, 2.05) is 104 Å². The third kappa shape index (κ3) is 8.98. The van der Waals surface area contributed by atoms with Gasteiger partial charge in [-0.05, 0) is 60.0 Å². The van der Waals surface area contributed by atoms with E-state index >= 15 is 0 Å². The smallest absolute Gasteiger partial charge is 0.272 e. The van der Waals surface area contributed by atoms with Crippen LogP contribution in [-0.4, -0.2) is 28.5 Å². The third-order valence-corrected chi connectivity index (χ3v) is 9.29. The SMILES string of the molecule is Cc1sc(NC(=O)CSc2cccc(NC(=O)/C(=C\c3ccc(-c4ccccc4)cc3)NC(=O)c3ccccc3)c2)nc1-c1ccccc1. The number of benzene rings is 5. The lowest BCUT2D eigenvalue weighted by molar-refractivity contribution is -0.114. The molecular formula is C40H32N4O3S2. The van der Waals surface area contributed by atoms with Crippen molar-refractivity contribution in [2.45, 2.75) is 11.8 Å². The van der Waals surface area contributed by atoms with Gasteiger partial charge in [-0.1, -0.05) is 109 Å². The molecule has 0 aliphatic carbocycles. The lowest BCUT2D eigenvalue weighted by atomic mass is 10.0. The fourth-order valence-corrected chi connectivity index (χ4v) is 6.60. The Balaban J connectivity index is 1.13. The van der Waals surface area contributed by atoms with Crippen LogP contribution in [-0.2, 0) is 9.59 Å². The van der Waals surface area contributed by atoms with Crippen LogP contribution in [0.5, 0.6) is 0 Å². The van der Waals surface area contributed by atoms with Crippen LogP contribution < -0.4 is 16.0 Å². The van der Waals surface area contributed by atoms with Gasteiger partial charge in [0.05, 0.1) is 11.4 Å². The first-order chi connectivity index (χ1) is 23.9. The summed E-state index contributed by atoms with van der Waals surface area (Å²) in [5.74, 6) is -0.900. The molecular weight excluding hydrogens is 649 g/mol. The predicted octanol–water partition coefficient (Wildman–Crippen LogP) is 8.93. The normalized spacial score (nSPS) is 11.1. The number of aryl methyl sites for hydroxylation is 1. The zero-order valence-corrected chi connectivity index (χ0v) is 28.2. The van der Waals surface area contributed by atoms with Gasteiger partial charge in [-0.25, -0.2) is 4.98 Å². The van der Waals surface area contributed by atoms with Gasteiger partial charge in [-0.2, -0.15) is 0 Å². The maximum atomic E-state index is 13.6. The van der Waals surface area contributed by atoms with Crippen molar-refractivity contribution in [3.8, 4) is 22.4 Å². The summed E-state index contributed by atoms with van der Waals surface area (Å²) < 4.78 is 0. The van der Waals surface area contributed by atoms with Crippen molar-refractivity contribution in [2.75, 3.05) is 16.4 Å². The van der Waals surface area contributed by atoms with Gasteiger partial charge in [-0.15, -0.1) is 23.1 Å². The summed E-state index contributed by atoms with van der Waals surface area (Å²) in [6, 6.07) is 43.6. The maximum absolute atomic E-state index is 13.6. The predicted molar refractivity (Wildman–Crippen MR) is 200 cm³/mol. The van der Waals surface area contributed by atoms with Gasteiger partial charge in [0.25, 0.3) is 11.8 Å². The van der Waals surface area contributed by atoms with Gasteiger partial charge >= 0.3 is 0 Å². The fraction of sp³-hybridized carbons (Fsp3) is 0.0500. The molecule has 49 heavy (non-hydrogen) atoms. The van der Waals surface area contributed by atoms with Crippen molar-refractivity contribution < 1.29 is 14.4 Å². The number of aromatic nitrogens is 1. The van der Waals surface area contributed by atoms with Crippen LogP contribution >= 0.6 is 23.1 Å². The van der Waals surface area contributed by atoms with Crippen LogP contribution in [0, 0.1) is 6.92 Å². The van der Waals surface area contributed by atoms with Crippen molar-refractivity contribution in [1.82, 2.24) is 10.3 Å². The first-order valence-corrected chi connectivity index (χ1v) is 17.3. The molecule has 3 N–H and O–H groups in total. The molecule has 1 aromatic heterocycles. The summed E-state index contributed by atoms with van der Waals surface area (Å²) in [4.78, 5) is 46.0. The molecule has 0 atom stereocenters. The van der Waals surface area contributed by atoms with Crippen molar-refractivity contribution in [2.24, 2.45) is 0 Å². The van der Waals surface area contributed by atoms with Gasteiger partial charge in [0.15, 0.2) is 5.13 Å². The number of thiazole rings is 1. The molecule has 0 spiro atoms. The molecule has 0 saturated heterocycles. The minimum Gasteiger partial charge on any atom is -0.321 e. The number of nitrogens with one attached hydrogen (secondary N) is 3. The highest BCUT2D eigenvalue weighted by Gasteiger charge is 2.16. The number of anilines is 2. The largest absolute Gasteiger partial charge is 0.321 e. The van der Waals surface area contributed by atoms with E-state index in [0.29, 0.717) is 16.4 Å². The monoisotopic (exact) mass is 680 g/mol. The van der Waals surface area contributed by atoms with E-state index in [1.54, 1.807) is 48.5 Å². The summed E-state index contributed by atoms with van der Waals surface area (Å²) in [5, 5.41) is 9.15. The van der Waals surface area contributed by atoms with Gasteiger partial charge < -0.3 is 16.0 Å². The minimum absolute atomic E-state index is 0.0901. The van der Waals surface area contributed by atoms with Crippen LogP contribution in [0.25, 0.3) is 28.5 Å². The first-order valence-electron chi connectivity index (χ1n) is 15.5. The van der Waals surface area contributed by atoms with Crippen molar-refractivity contribution in [3.63, 3.8) is 0 Å². The Morgan fingerprint density at radius 3 is 2.04 bits per heavy atom. The zero-order valence-electron chi connectivity index (χ0n) is 26.6. The highest BCUT2D eigenvalue weighted by molar-refractivity contribution is 8.00. The van der Waals surface area contributed by atoms with Crippen LogP contribution in [0.4, 0.5) is 10.8 Å². The molecule has 1 heterocycles. The number of hydrogen-bond acceptors (Lipinski definition) is 6. The molecule has 242 valence electrons. The summed E-state index contributed by atoms with van der Waals surface area (Å²) >= 11 is 2.78. The number of hydrogen-bond donors (Lipinski definition) is 3. The van der Waals surface area contributed by atoms with E-state index in [4.69, 9.17) is 0 Å². The standard InChI is InChI=1S/C40H32N4O3S2/c1-27-37(31-14-7-3-8-15-31)44-40(49-27)43-36(45)26-48-34-19-11-18-33(25-34)41-39(47)35(42-38(46)32-16-9-4-10-17-32)24-28-20-22-30(23-21-28)29-12-5-2-6-13-29/h2-25H,26H2,1H3,(H,41,47)(H,42,46)(H,43,44,45)/b35-24+. The summed E-state index contributed by atoms with van der Waals surface area (Å²) in [6.45, 7) is 1.99. The van der Waals surface area contributed by atoms with Gasteiger partial charge in [0.2, 0.25) is 5.91 Å². The summed E-state index contributed by atoms with van der Waals surface area (Å²) in [5.41, 5.74) is 5.78. The Hall–Kier alpha value is -5.77. The van der Waals surface area contributed by atoms with E-state index < -0.39 is 11.8 Å². The lowest BCUT2D eigenvalue weighted by Crippen LogP contribution is -2.30. The molecule has 0 bridgehead atoms. The number of carbonyl (C=O) groups is 3. The van der Waals surface area contributed by atoms with Gasteiger partial charge in [0, 0.05) is 26.6 Å². The highest BCUT2D eigenvalue weighted by Crippen LogP contribution is 2.31. The average molecular weight is 681 g/mol. The fourth-order valence-electron chi connectivity index (χ4n) is 4.99. The molecule has 0 radical (unpaired) electrons. The molecule has 0 saturated carbocycles. The number of rotatable bonds is 11. The van der Waals surface area contributed by atoms with E-state index in [1.165, 1.54) is 23.1 Å². The molecule has 5 aromatic carbocycles. The molecule has 6 rings (SSSR count). The first kappa shape index (κ1) is 33.1.